The first-order chi connectivity index (χ1) is 13.0. The van der Waals surface area contributed by atoms with Crippen molar-refractivity contribution in [3.05, 3.63) is 0 Å². The van der Waals surface area contributed by atoms with E-state index in [4.69, 9.17) is 9.47 Å². The Labute approximate surface area is 162 Å². The molecule has 0 aromatic heterocycles. The minimum absolute atomic E-state index is 0.155. The van der Waals surface area contributed by atoms with Crippen LogP contribution in [0.4, 0.5) is 9.59 Å². The third kappa shape index (κ3) is 4.33. The summed E-state index contributed by atoms with van der Waals surface area (Å²) in [6, 6.07) is 0.927. The quantitative estimate of drug-likeness (QED) is 0.733. The van der Waals surface area contributed by atoms with Gasteiger partial charge in [-0.15, -0.1) is 0 Å². The van der Waals surface area contributed by atoms with Gasteiger partial charge in [0.25, 0.3) is 0 Å². The molecule has 3 aliphatic rings. The van der Waals surface area contributed by atoms with Gasteiger partial charge in [0.1, 0.15) is 0 Å². The number of nitrogens with zero attached hydrogens (tertiary/aromatic N) is 3. The van der Waals surface area contributed by atoms with E-state index in [0.29, 0.717) is 37.3 Å². The number of rotatable bonds is 5. The number of piperidine rings is 1. The van der Waals surface area contributed by atoms with Gasteiger partial charge in [-0.2, -0.15) is 0 Å². The summed E-state index contributed by atoms with van der Waals surface area (Å²) < 4.78 is 10.3. The van der Waals surface area contributed by atoms with Gasteiger partial charge < -0.3 is 24.2 Å². The number of amides is 2. The molecular weight excluding hydrogens is 346 g/mol. The van der Waals surface area contributed by atoms with E-state index < -0.39 is 0 Å². The zero-order valence-electron chi connectivity index (χ0n) is 17.1. The fourth-order valence-corrected chi connectivity index (χ4v) is 5.14. The first-order valence-corrected chi connectivity index (χ1v) is 10.6. The van der Waals surface area contributed by atoms with Crippen molar-refractivity contribution in [2.45, 2.75) is 65.0 Å². The summed E-state index contributed by atoms with van der Waals surface area (Å²) in [6.45, 7) is 11.1. The summed E-state index contributed by atoms with van der Waals surface area (Å²) >= 11 is 0. The molecule has 1 spiro atoms. The van der Waals surface area contributed by atoms with Crippen LogP contribution in [0, 0.1) is 5.41 Å². The molecule has 0 bridgehead atoms. The average Bonchev–Trinajstić information content (AvgIpc) is 3.08. The molecule has 0 aromatic rings. The summed E-state index contributed by atoms with van der Waals surface area (Å²) in [6.07, 6.45) is 5.18. The van der Waals surface area contributed by atoms with Crippen molar-refractivity contribution in [2.75, 3.05) is 45.9 Å². The molecule has 0 aromatic carbocycles. The topological polar surface area (TPSA) is 62.3 Å². The molecule has 154 valence electrons. The highest BCUT2D eigenvalue weighted by Crippen LogP contribution is 2.50. The predicted octanol–water partition coefficient (Wildman–Crippen LogP) is 2.94. The van der Waals surface area contributed by atoms with Crippen LogP contribution in [0.2, 0.25) is 0 Å². The van der Waals surface area contributed by atoms with Crippen molar-refractivity contribution < 1.29 is 19.1 Å². The van der Waals surface area contributed by atoms with Crippen molar-refractivity contribution in [3.63, 3.8) is 0 Å². The van der Waals surface area contributed by atoms with Crippen LogP contribution in [0.5, 0.6) is 0 Å². The monoisotopic (exact) mass is 381 g/mol. The minimum atomic E-state index is -0.175. The molecule has 0 atom stereocenters. The lowest BCUT2D eigenvalue weighted by Gasteiger charge is -2.52. The largest absolute Gasteiger partial charge is 0.450 e. The minimum Gasteiger partial charge on any atom is -0.450 e. The molecule has 7 heteroatoms. The van der Waals surface area contributed by atoms with Gasteiger partial charge in [0.05, 0.1) is 13.2 Å². The Kier molecular flexibility index (Phi) is 6.50. The molecule has 0 N–H and O–H groups in total. The molecule has 0 radical (unpaired) electrons. The number of carbonyl (C=O) groups is 2. The Morgan fingerprint density at radius 3 is 2.30 bits per heavy atom. The maximum Gasteiger partial charge on any atom is 0.409 e. The van der Waals surface area contributed by atoms with Crippen LogP contribution in [0.25, 0.3) is 0 Å². The Morgan fingerprint density at radius 1 is 1.04 bits per heavy atom. The van der Waals surface area contributed by atoms with E-state index >= 15 is 0 Å². The van der Waals surface area contributed by atoms with Crippen LogP contribution >= 0.6 is 0 Å². The fourth-order valence-electron chi connectivity index (χ4n) is 5.14. The van der Waals surface area contributed by atoms with Gasteiger partial charge in [0.15, 0.2) is 0 Å². The van der Waals surface area contributed by atoms with E-state index in [2.05, 4.69) is 4.90 Å². The molecule has 1 aliphatic carbocycles. The Balaban J connectivity index is 1.43. The second-order valence-corrected chi connectivity index (χ2v) is 8.18. The van der Waals surface area contributed by atoms with Gasteiger partial charge in [-0.1, -0.05) is 0 Å². The van der Waals surface area contributed by atoms with E-state index in [9.17, 15) is 9.59 Å². The Morgan fingerprint density at radius 2 is 1.70 bits per heavy atom. The normalized spacial score (nSPS) is 28.9. The van der Waals surface area contributed by atoms with Crippen molar-refractivity contribution >= 4 is 12.2 Å². The van der Waals surface area contributed by atoms with Crippen LogP contribution in [0.15, 0.2) is 0 Å². The summed E-state index contributed by atoms with van der Waals surface area (Å²) in [4.78, 5) is 30.4. The van der Waals surface area contributed by atoms with Gasteiger partial charge in [-0.05, 0) is 58.3 Å². The maximum atomic E-state index is 12.1. The maximum absolute atomic E-state index is 12.1. The smallest absolute Gasteiger partial charge is 0.409 e. The number of ether oxygens (including phenoxy) is 2. The van der Waals surface area contributed by atoms with E-state index in [0.717, 1.165) is 45.4 Å². The molecule has 3 rings (SSSR count). The number of hydrogen-bond acceptors (Lipinski definition) is 5. The number of carbonyl (C=O) groups excluding carboxylic acids is 2. The van der Waals surface area contributed by atoms with E-state index in [1.165, 1.54) is 12.8 Å². The van der Waals surface area contributed by atoms with Crippen molar-refractivity contribution in [3.8, 4) is 0 Å². The SMILES string of the molecule is CCOC(=O)N1CCC2(CC(N3CCC(N(CC)C(=O)OCC)CC3)C2)C1. The van der Waals surface area contributed by atoms with Crippen LogP contribution in [0.3, 0.4) is 0 Å². The van der Waals surface area contributed by atoms with E-state index in [-0.39, 0.29) is 12.2 Å². The standard InChI is InChI=1S/C20H35N3O4/c1-4-23(19(25)27-6-3)16-7-10-21(11-8-16)17-13-20(14-17)9-12-22(15-20)18(24)26-5-2/h16-17H,4-15H2,1-3H3. The van der Waals surface area contributed by atoms with Crippen LogP contribution in [-0.4, -0.2) is 84.9 Å². The molecule has 2 amide bonds. The summed E-state index contributed by atoms with van der Waals surface area (Å²) in [7, 11) is 0. The summed E-state index contributed by atoms with van der Waals surface area (Å²) in [5, 5.41) is 0. The van der Waals surface area contributed by atoms with Crippen molar-refractivity contribution in [1.82, 2.24) is 14.7 Å². The second kappa shape index (κ2) is 8.67. The fraction of sp³-hybridized carbons (Fsp3) is 0.900. The van der Waals surface area contributed by atoms with Crippen molar-refractivity contribution in [2.24, 2.45) is 5.41 Å². The molecule has 3 fully saturated rings. The molecule has 2 saturated heterocycles. The van der Waals surface area contributed by atoms with E-state index in [1.54, 1.807) is 0 Å². The van der Waals surface area contributed by atoms with Crippen LogP contribution in [-0.2, 0) is 9.47 Å². The summed E-state index contributed by atoms with van der Waals surface area (Å²) in [5.74, 6) is 0. The highest BCUT2D eigenvalue weighted by atomic mass is 16.6. The number of likely N-dealkylation sites (tertiary alicyclic amines) is 2. The lowest BCUT2D eigenvalue weighted by molar-refractivity contribution is -0.0153. The lowest BCUT2D eigenvalue weighted by atomic mass is 9.64. The lowest BCUT2D eigenvalue weighted by Crippen LogP contribution is -2.56. The third-order valence-electron chi connectivity index (χ3n) is 6.60. The van der Waals surface area contributed by atoms with Crippen LogP contribution < -0.4 is 0 Å². The Bertz CT molecular complexity index is 527. The third-order valence-corrected chi connectivity index (χ3v) is 6.60. The van der Waals surface area contributed by atoms with Gasteiger partial charge in [0.2, 0.25) is 0 Å². The van der Waals surface area contributed by atoms with Gasteiger partial charge >= 0.3 is 12.2 Å². The molecular formula is C20H35N3O4. The van der Waals surface area contributed by atoms with E-state index in [1.807, 2.05) is 30.6 Å². The molecule has 0 unspecified atom stereocenters. The average molecular weight is 382 g/mol. The van der Waals surface area contributed by atoms with Crippen molar-refractivity contribution in [1.29, 1.82) is 0 Å². The highest BCUT2D eigenvalue weighted by Gasteiger charge is 2.51. The molecule has 2 heterocycles. The molecule has 27 heavy (non-hydrogen) atoms. The summed E-state index contributed by atoms with van der Waals surface area (Å²) in [5.41, 5.74) is 0.314. The van der Waals surface area contributed by atoms with Crippen LogP contribution in [0.1, 0.15) is 52.9 Å². The second-order valence-electron chi connectivity index (χ2n) is 8.18. The first kappa shape index (κ1) is 20.2. The van der Waals surface area contributed by atoms with Gasteiger partial charge in [-0.3, -0.25) is 0 Å². The first-order valence-electron chi connectivity index (χ1n) is 10.6. The zero-order valence-corrected chi connectivity index (χ0v) is 17.1. The van der Waals surface area contributed by atoms with Gasteiger partial charge in [-0.25, -0.2) is 9.59 Å². The number of hydrogen-bond donors (Lipinski definition) is 0. The predicted molar refractivity (Wildman–Crippen MR) is 103 cm³/mol. The Hall–Kier alpha value is -1.50. The molecule has 2 aliphatic heterocycles. The highest BCUT2D eigenvalue weighted by molar-refractivity contribution is 5.68. The van der Waals surface area contributed by atoms with Gasteiger partial charge in [0, 0.05) is 44.8 Å². The molecule has 7 nitrogen and oxygen atoms in total. The molecule has 1 saturated carbocycles. The zero-order chi connectivity index (χ0) is 19.4.